The number of nitrogens with one attached hydrogen (secondary N) is 1. The molecule has 0 radical (unpaired) electrons. The lowest BCUT2D eigenvalue weighted by Gasteiger charge is -2.17. The van der Waals surface area contributed by atoms with Crippen molar-refractivity contribution in [2.24, 2.45) is 5.92 Å². The van der Waals surface area contributed by atoms with E-state index in [0.29, 0.717) is 36.7 Å². The Morgan fingerprint density at radius 2 is 2.10 bits per heavy atom. The topological polar surface area (TPSA) is 66.5 Å². The van der Waals surface area contributed by atoms with Crippen LogP contribution < -0.4 is 9.62 Å². The van der Waals surface area contributed by atoms with Gasteiger partial charge in [-0.2, -0.15) is 0 Å². The quantitative estimate of drug-likeness (QED) is 0.913. The van der Waals surface area contributed by atoms with Gasteiger partial charge in [0.15, 0.2) is 0 Å². The maximum Gasteiger partial charge on any atom is 0.251 e. The highest BCUT2D eigenvalue weighted by molar-refractivity contribution is 7.92. The molecule has 1 amide bonds. The van der Waals surface area contributed by atoms with E-state index in [4.69, 9.17) is 0 Å². The first-order valence-corrected chi connectivity index (χ1v) is 8.52. The van der Waals surface area contributed by atoms with Gasteiger partial charge < -0.3 is 5.32 Å². The minimum absolute atomic E-state index is 0.165. The van der Waals surface area contributed by atoms with Gasteiger partial charge in [0.05, 0.1) is 11.9 Å². The van der Waals surface area contributed by atoms with Gasteiger partial charge >= 0.3 is 0 Å². The molecule has 0 saturated heterocycles. The van der Waals surface area contributed by atoms with Crippen LogP contribution in [0.25, 0.3) is 0 Å². The summed E-state index contributed by atoms with van der Waals surface area (Å²) in [5.41, 5.74) is 2.10. The molecular formula is C14H20N2O3S. The van der Waals surface area contributed by atoms with Crippen LogP contribution in [-0.4, -0.2) is 33.7 Å². The average molecular weight is 296 g/mol. The van der Waals surface area contributed by atoms with Crippen molar-refractivity contribution in [3.63, 3.8) is 0 Å². The third-order valence-electron chi connectivity index (χ3n) is 3.27. The molecule has 110 valence electrons. The fourth-order valence-electron chi connectivity index (χ4n) is 2.23. The summed E-state index contributed by atoms with van der Waals surface area (Å²) in [4.78, 5) is 12.0. The largest absolute Gasteiger partial charge is 0.352 e. The van der Waals surface area contributed by atoms with Crippen molar-refractivity contribution in [1.82, 2.24) is 5.32 Å². The first-order chi connectivity index (χ1) is 9.29. The molecule has 6 heteroatoms. The second-order valence-electron chi connectivity index (χ2n) is 5.53. The number of benzene rings is 1. The highest BCUT2D eigenvalue weighted by Gasteiger charge is 2.26. The summed E-state index contributed by atoms with van der Waals surface area (Å²) in [6, 6.07) is 5.25. The van der Waals surface area contributed by atoms with Gasteiger partial charge in [0, 0.05) is 18.7 Å². The van der Waals surface area contributed by atoms with Crippen LogP contribution in [-0.2, 0) is 16.4 Å². The summed E-state index contributed by atoms with van der Waals surface area (Å²) >= 11 is 0. The summed E-state index contributed by atoms with van der Waals surface area (Å²) < 4.78 is 24.8. The zero-order chi connectivity index (χ0) is 14.9. The number of rotatable bonds is 4. The Bertz CT molecular complexity index is 623. The van der Waals surface area contributed by atoms with Gasteiger partial charge in [-0.25, -0.2) is 8.42 Å². The van der Waals surface area contributed by atoms with Crippen LogP contribution in [0.1, 0.15) is 29.8 Å². The number of anilines is 1. The summed E-state index contributed by atoms with van der Waals surface area (Å²) in [5, 5.41) is 2.84. The number of fused-ring (bicyclic) bond motifs is 1. The Morgan fingerprint density at radius 1 is 1.40 bits per heavy atom. The predicted molar refractivity (Wildman–Crippen MR) is 79.5 cm³/mol. The molecule has 1 heterocycles. The van der Waals surface area contributed by atoms with Crippen LogP contribution in [0.15, 0.2) is 18.2 Å². The lowest BCUT2D eigenvalue weighted by Crippen LogP contribution is -2.29. The molecule has 0 aromatic heterocycles. The molecule has 1 aromatic rings. The molecule has 1 aliphatic rings. The van der Waals surface area contributed by atoms with E-state index in [9.17, 15) is 13.2 Å². The van der Waals surface area contributed by atoms with Crippen molar-refractivity contribution < 1.29 is 13.2 Å². The van der Waals surface area contributed by atoms with Gasteiger partial charge in [-0.1, -0.05) is 19.9 Å². The molecule has 1 aromatic carbocycles. The molecule has 0 bridgehead atoms. The van der Waals surface area contributed by atoms with Gasteiger partial charge in [0.2, 0.25) is 10.0 Å². The van der Waals surface area contributed by atoms with Crippen molar-refractivity contribution in [2.75, 3.05) is 23.7 Å². The smallest absolute Gasteiger partial charge is 0.251 e. The van der Waals surface area contributed by atoms with Crippen LogP contribution in [0.4, 0.5) is 5.69 Å². The predicted octanol–water partition coefficient (Wildman–Crippen LogP) is 1.39. The van der Waals surface area contributed by atoms with E-state index in [1.807, 2.05) is 19.9 Å². The Morgan fingerprint density at radius 3 is 2.70 bits per heavy atom. The third-order valence-corrected chi connectivity index (χ3v) is 4.45. The van der Waals surface area contributed by atoms with E-state index in [0.717, 1.165) is 5.56 Å². The number of carbonyl (C=O) groups is 1. The van der Waals surface area contributed by atoms with Gasteiger partial charge in [-0.05, 0) is 30.0 Å². The second-order valence-corrected chi connectivity index (χ2v) is 7.44. The molecule has 0 aliphatic carbocycles. The maximum absolute atomic E-state index is 12.0. The molecule has 20 heavy (non-hydrogen) atoms. The summed E-state index contributed by atoms with van der Waals surface area (Å²) in [5.74, 6) is 0.211. The summed E-state index contributed by atoms with van der Waals surface area (Å²) in [6.07, 6.45) is 1.88. The number of hydrogen-bond acceptors (Lipinski definition) is 3. The zero-order valence-electron chi connectivity index (χ0n) is 12.0. The van der Waals surface area contributed by atoms with E-state index in [1.165, 1.54) is 10.6 Å². The van der Waals surface area contributed by atoms with Crippen molar-refractivity contribution in [1.29, 1.82) is 0 Å². The number of amides is 1. The van der Waals surface area contributed by atoms with E-state index >= 15 is 0 Å². The number of sulfonamides is 1. The van der Waals surface area contributed by atoms with E-state index in [-0.39, 0.29) is 5.91 Å². The maximum atomic E-state index is 12.0. The Kier molecular flexibility index (Phi) is 4.04. The molecule has 0 fully saturated rings. The molecular weight excluding hydrogens is 276 g/mol. The average Bonchev–Trinajstić information content (AvgIpc) is 2.78. The molecule has 0 atom stereocenters. The normalized spacial score (nSPS) is 14.5. The fraction of sp³-hybridized carbons (Fsp3) is 0.500. The minimum atomic E-state index is -3.28. The lowest BCUT2D eigenvalue weighted by atomic mass is 10.1. The summed E-state index contributed by atoms with van der Waals surface area (Å²) in [7, 11) is -3.28. The number of hydrogen-bond donors (Lipinski definition) is 1. The van der Waals surface area contributed by atoms with Gasteiger partial charge in [0.25, 0.3) is 5.91 Å². The molecule has 0 spiro atoms. The van der Waals surface area contributed by atoms with Crippen LogP contribution in [0, 0.1) is 5.92 Å². The van der Waals surface area contributed by atoms with E-state index < -0.39 is 10.0 Å². The molecule has 0 saturated carbocycles. The van der Waals surface area contributed by atoms with Crippen molar-refractivity contribution in [2.45, 2.75) is 20.3 Å². The SMILES string of the molecule is CC(C)CNC(=O)c1ccc2c(c1)N(S(C)(=O)=O)CC2. The Hall–Kier alpha value is -1.56. The van der Waals surface area contributed by atoms with Crippen LogP contribution in [0.5, 0.6) is 0 Å². The van der Waals surface area contributed by atoms with Crippen LogP contribution in [0.3, 0.4) is 0 Å². The first-order valence-electron chi connectivity index (χ1n) is 6.68. The number of nitrogens with zero attached hydrogens (tertiary/aromatic N) is 1. The fourth-order valence-corrected chi connectivity index (χ4v) is 3.18. The molecule has 1 aliphatic heterocycles. The van der Waals surface area contributed by atoms with Crippen molar-refractivity contribution in [3.8, 4) is 0 Å². The zero-order valence-corrected chi connectivity index (χ0v) is 12.8. The summed E-state index contributed by atoms with van der Waals surface area (Å²) in [6.45, 7) is 5.10. The first kappa shape index (κ1) is 14.8. The van der Waals surface area contributed by atoms with Crippen LogP contribution >= 0.6 is 0 Å². The number of carbonyl (C=O) groups excluding carboxylic acids is 1. The third kappa shape index (κ3) is 3.12. The lowest BCUT2D eigenvalue weighted by molar-refractivity contribution is 0.0949. The second kappa shape index (κ2) is 5.44. The Balaban J connectivity index is 2.25. The van der Waals surface area contributed by atoms with E-state index in [1.54, 1.807) is 12.1 Å². The van der Waals surface area contributed by atoms with Gasteiger partial charge in [-0.15, -0.1) is 0 Å². The highest BCUT2D eigenvalue weighted by Crippen LogP contribution is 2.30. The van der Waals surface area contributed by atoms with E-state index in [2.05, 4.69) is 5.32 Å². The molecule has 1 N–H and O–H groups in total. The van der Waals surface area contributed by atoms with Crippen LogP contribution in [0.2, 0.25) is 0 Å². The van der Waals surface area contributed by atoms with Gasteiger partial charge in [-0.3, -0.25) is 9.10 Å². The van der Waals surface area contributed by atoms with Gasteiger partial charge in [0.1, 0.15) is 0 Å². The highest BCUT2D eigenvalue weighted by atomic mass is 32.2. The standard InChI is InChI=1S/C14H20N2O3S/c1-10(2)9-15-14(17)12-5-4-11-6-7-16(13(11)8-12)20(3,18)19/h4-5,8,10H,6-7,9H2,1-3H3,(H,15,17). The molecule has 2 rings (SSSR count). The van der Waals surface area contributed by atoms with Crippen molar-refractivity contribution >= 4 is 21.6 Å². The minimum Gasteiger partial charge on any atom is -0.352 e. The molecule has 0 unspecified atom stereocenters. The Labute approximate surface area is 120 Å². The monoisotopic (exact) mass is 296 g/mol. The molecule has 5 nitrogen and oxygen atoms in total. The van der Waals surface area contributed by atoms with Crippen molar-refractivity contribution in [3.05, 3.63) is 29.3 Å².